The molecule has 194 valence electrons. The number of aromatic carboxylic acids is 1. The molecule has 0 atom stereocenters. The van der Waals surface area contributed by atoms with Crippen molar-refractivity contribution in [3.05, 3.63) is 89.3 Å². The summed E-state index contributed by atoms with van der Waals surface area (Å²) in [6.07, 6.45) is 2.33. The smallest absolute Gasteiger partial charge is 0.340 e. The van der Waals surface area contributed by atoms with Crippen molar-refractivity contribution in [1.82, 2.24) is 0 Å². The summed E-state index contributed by atoms with van der Waals surface area (Å²) < 4.78 is 7.45. The zero-order valence-corrected chi connectivity index (χ0v) is 24.2. The maximum absolute atomic E-state index is 13.4. The Hall–Kier alpha value is -2.84. The molecule has 0 spiro atoms. The third-order valence-electron chi connectivity index (χ3n) is 7.20. The highest BCUT2D eigenvalue weighted by Crippen LogP contribution is 2.53. The number of carboxylic acids is 1. The molecule has 3 N–H and O–H groups in total. The van der Waals surface area contributed by atoms with Gasteiger partial charge >= 0.3 is 11.9 Å². The van der Waals surface area contributed by atoms with Crippen molar-refractivity contribution in [2.75, 3.05) is 0 Å². The minimum Gasteiger partial charge on any atom is -0.507 e. The van der Waals surface area contributed by atoms with Gasteiger partial charge in [0.15, 0.2) is 5.60 Å². The molecule has 0 fully saturated rings. The Kier molecular flexibility index (Phi) is 7.45. The van der Waals surface area contributed by atoms with E-state index in [-0.39, 0.29) is 22.6 Å². The molecule has 3 aromatic carbocycles. The molecule has 0 amide bonds. The van der Waals surface area contributed by atoms with Gasteiger partial charge in [0.05, 0.1) is 20.1 Å². The van der Waals surface area contributed by atoms with E-state index >= 15 is 0 Å². The van der Waals surface area contributed by atoms with E-state index in [4.69, 9.17) is 4.74 Å². The number of ether oxygens (including phenoxy) is 1. The number of rotatable bonds is 7. The summed E-state index contributed by atoms with van der Waals surface area (Å²) in [5, 5.41) is 31.8. The number of halogens is 2. The van der Waals surface area contributed by atoms with Crippen molar-refractivity contribution >= 4 is 43.8 Å². The van der Waals surface area contributed by atoms with E-state index in [9.17, 15) is 24.9 Å². The molecule has 0 aromatic heterocycles. The second kappa shape index (κ2) is 10.1. The highest BCUT2D eigenvalue weighted by atomic mass is 79.9. The molecule has 1 aliphatic rings. The average molecular weight is 632 g/mol. The summed E-state index contributed by atoms with van der Waals surface area (Å²) in [7, 11) is 0. The Morgan fingerprint density at radius 2 is 1.24 bits per heavy atom. The predicted octanol–water partition coefficient (Wildman–Crippen LogP) is 7.03. The van der Waals surface area contributed by atoms with Crippen molar-refractivity contribution < 1.29 is 29.6 Å². The maximum atomic E-state index is 13.4. The van der Waals surface area contributed by atoms with Gasteiger partial charge in [-0.2, -0.15) is 0 Å². The first kappa shape index (κ1) is 27.2. The van der Waals surface area contributed by atoms with Gasteiger partial charge in [0, 0.05) is 16.7 Å². The fourth-order valence-corrected chi connectivity index (χ4v) is 6.86. The third-order valence-corrected chi connectivity index (χ3v) is 8.97. The van der Waals surface area contributed by atoms with Crippen molar-refractivity contribution in [3.8, 4) is 11.5 Å². The Morgan fingerprint density at radius 3 is 1.65 bits per heavy atom. The van der Waals surface area contributed by atoms with Crippen LogP contribution in [-0.2, 0) is 36.0 Å². The zero-order valence-electron chi connectivity index (χ0n) is 21.0. The molecule has 3 aromatic rings. The molecule has 1 heterocycles. The lowest BCUT2D eigenvalue weighted by atomic mass is 9.73. The average Bonchev–Trinajstić information content (AvgIpc) is 3.18. The number of fused-ring (bicyclic) bond motifs is 1. The van der Waals surface area contributed by atoms with Crippen LogP contribution in [-0.4, -0.2) is 27.3 Å². The van der Waals surface area contributed by atoms with Gasteiger partial charge in [0.1, 0.15) is 11.5 Å². The second-order valence-electron chi connectivity index (χ2n) is 8.98. The molecule has 0 unspecified atom stereocenters. The van der Waals surface area contributed by atoms with E-state index in [1.807, 2.05) is 27.7 Å². The Morgan fingerprint density at radius 1 is 0.784 bits per heavy atom. The standard InChI is InChI=1S/C29H28Br2O6/c1-5-15-17(7-3)25(30)23(32)12-21(15)29(22-13-24(33)26(31)18(8-4)16(22)6-2)20-11-14(27(34)35)9-10-19(20)28(36)37-29/h9-13,32-33H,5-8H2,1-4H3,(H,34,35). The summed E-state index contributed by atoms with van der Waals surface area (Å²) in [5.74, 6) is -1.77. The fraction of sp³-hybridized carbons (Fsp3) is 0.310. The molecule has 0 aliphatic carbocycles. The van der Waals surface area contributed by atoms with Crippen molar-refractivity contribution in [1.29, 1.82) is 0 Å². The van der Waals surface area contributed by atoms with Crippen LogP contribution in [0.5, 0.6) is 11.5 Å². The van der Waals surface area contributed by atoms with E-state index in [0.29, 0.717) is 51.3 Å². The van der Waals surface area contributed by atoms with Crippen molar-refractivity contribution in [2.24, 2.45) is 0 Å². The van der Waals surface area contributed by atoms with Gasteiger partial charge in [-0.05, 0) is 110 Å². The summed E-state index contributed by atoms with van der Waals surface area (Å²) in [4.78, 5) is 25.4. The number of hydrogen-bond donors (Lipinski definition) is 3. The largest absolute Gasteiger partial charge is 0.507 e. The quantitative estimate of drug-likeness (QED) is 0.242. The number of phenolic OH excluding ortho intramolecular Hbond substituents is 2. The van der Waals surface area contributed by atoms with E-state index in [1.165, 1.54) is 18.2 Å². The molecule has 4 rings (SSSR count). The monoisotopic (exact) mass is 630 g/mol. The van der Waals surface area contributed by atoms with E-state index < -0.39 is 17.5 Å². The molecule has 1 aliphatic heterocycles. The number of phenols is 2. The van der Waals surface area contributed by atoms with E-state index in [2.05, 4.69) is 31.9 Å². The van der Waals surface area contributed by atoms with E-state index in [0.717, 1.165) is 22.3 Å². The van der Waals surface area contributed by atoms with Gasteiger partial charge in [-0.25, -0.2) is 9.59 Å². The van der Waals surface area contributed by atoms with Crippen LogP contribution in [0.3, 0.4) is 0 Å². The van der Waals surface area contributed by atoms with E-state index in [1.54, 1.807) is 12.1 Å². The van der Waals surface area contributed by atoms with Gasteiger partial charge in [-0.1, -0.05) is 27.7 Å². The van der Waals surface area contributed by atoms with Crippen LogP contribution in [0.15, 0.2) is 39.3 Å². The van der Waals surface area contributed by atoms with Gasteiger partial charge in [-0.15, -0.1) is 0 Å². The second-order valence-corrected chi connectivity index (χ2v) is 10.6. The molecule has 0 saturated carbocycles. The molecular formula is C29H28Br2O6. The van der Waals surface area contributed by atoms with Crippen molar-refractivity contribution in [3.63, 3.8) is 0 Å². The molecular weight excluding hydrogens is 604 g/mol. The molecule has 0 radical (unpaired) electrons. The summed E-state index contributed by atoms with van der Waals surface area (Å²) in [6, 6.07) is 7.49. The first-order valence-electron chi connectivity index (χ1n) is 12.3. The molecule has 0 bridgehead atoms. The number of aromatic hydroxyl groups is 2. The highest BCUT2D eigenvalue weighted by Gasteiger charge is 2.52. The number of carboxylic acid groups (broad SMARTS) is 1. The fourth-order valence-electron chi connectivity index (χ4n) is 5.59. The number of carbonyl (C=O) groups is 2. The number of carbonyl (C=O) groups excluding carboxylic acids is 1. The van der Waals surface area contributed by atoms with Gasteiger partial charge in [0.25, 0.3) is 0 Å². The summed E-state index contributed by atoms with van der Waals surface area (Å²) in [6.45, 7) is 7.92. The third kappa shape index (κ3) is 4.05. The normalized spacial score (nSPS) is 13.9. The SMILES string of the molecule is CCc1c(C2(c3cc(O)c(Br)c(CC)c3CC)OC(=O)c3ccc(C(=O)O)cc32)cc(O)c(Br)c1CC. The molecule has 8 heteroatoms. The summed E-state index contributed by atoms with van der Waals surface area (Å²) in [5.41, 5.74) is 3.60. The molecule has 37 heavy (non-hydrogen) atoms. The van der Waals surface area contributed by atoms with Crippen LogP contribution in [0.2, 0.25) is 0 Å². The number of hydrogen-bond acceptors (Lipinski definition) is 5. The van der Waals surface area contributed by atoms with Crippen LogP contribution in [0, 0.1) is 0 Å². The maximum Gasteiger partial charge on any atom is 0.340 e. The lowest BCUT2D eigenvalue weighted by molar-refractivity contribution is 0.0244. The van der Waals surface area contributed by atoms with Crippen LogP contribution >= 0.6 is 31.9 Å². The molecule has 6 nitrogen and oxygen atoms in total. The van der Waals surface area contributed by atoms with Gasteiger partial charge in [-0.3, -0.25) is 0 Å². The minimum absolute atomic E-state index is 0.00613. The summed E-state index contributed by atoms with van der Waals surface area (Å²) >= 11 is 7.03. The first-order valence-corrected chi connectivity index (χ1v) is 13.8. The van der Waals surface area contributed by atoms with Crippen LogP contribution in [0.4, 0.5) is 0 Å². The van der Waals surface area contributed by atoms with Gasteiger partial charge in [0.2, 0.25) is 0 Å². The predicted molar refractivity (Wildman–Crippen MR) is 148 cm³/mol. The minimum atomic E-state index is -1.58. The Bertz CT molecular complexity index is 1380. The zero-order chi connectivity index (χ0) is 27.2. The first-order chi connectivity index (χ1) is 17.6. The Labute approximate surface area is 232 Å². The molecule has 0 saturated heterocycles. The number of esters is 1. The Balaban J connectivity index is 2.29. The van der Waals surface area contributed by atoms with Crippen LogP contribution < -0.4 is 0 Å². The number of benzene rings is 3. The lowest BCUT2D eigenvalue weighted by Gasteiger charge is -2.36. The van der Waals surface area contributed by atoms with Crippen LogP contribution in [0.1, 0.15) is 87.4 Å². The lowest BCUT2D eigenvalue weighted by Crippen LogP contribution is -2.33. The topological polar surface area (TPSA) is 104 Å². The van der Waals surface area contributed by atoms with Crippen LogP contribution in [0.25, 0.3) is 0 Å². The van der Waals surface area contributed by atoms with Crippen molar-refractivity contribution in [2.45, 2.75) is 59.0 Å². The number of cyclic esters (lactones) is 1. The highest BCUT2D eigenvalue weighted by molar-refractivity contribution is 9.11. The van der Waals surface area contributed by atoms with Gasteiger partial charge < -0.3 is 20.1 Å².